The SMILES string of the molecule is COC1CCN(c2ccc(NC(=O)COc3cccnc3)cc2)C1. The van der Waals surface area contributed by atoms with Crippen molar-refractivity contribution in [2.75, 3.05) is 37.0 Å². The summed E-state index contributed by atoms with van der Waals surface area (Å²) in [6, 6.07) is 11.3. The van der Waals surface area contributed by atoms with Crippen LogP contribution in [0.2, 0.25) is 0 Å². The van der Waals surface area contributed by atoms with Crippen molar-refractivity contribution in [2.45, 2.75) is 12.5 Å². The number of ether oxygens (including phenoxy) is 2. The third kappa shape index (κ3) is 4.23. The van der Waals surface area contributed by atoms with E-state index in [0.29, 0.717) is 11.9 Å². The second-order valence-electron chi connectivity index (χ2n) is 5.66. The molecule has 0 bridgehead atoms. The number of carbonyl (C=O) groups is 1. The summed E-state index contributed by atoms with van der Waals surface area (Å²) in [5, 5.41) is 2.82. The van der Waals surface area contributed by atoms with Crippen LogP contribution >= 0.6 is 0 Å². The summed E-state index contributed by atoms with van der Waals surface area (Å²) >= 11 is 0. The second kappa shape index (κ2) is 7.79. The van der Waals surface area contributed by atoms with Crippen LogP contribution in [-0.2, 0) is 9.53 Å². The number of nitrogens with zero attached hydrogens (tertiary/aromatic N) is 2. The van der Waals surface area contributed by atoms with Crippen molar-refractivity contribution in [3.63, 3.8) is 0 Å². The molecule has 126 valence electrons. The molecule has 6 heteroatoms. The van der Waals surface area contributed by atoms with Crippen molar-refractivity contribution >= 4 is 17.3 Å². The number of hydrogen-bond donors (Lipinski definition) is 1. The highest BCUT2D eigenvalue weighted by atomic mass is 16.5. The van der Waals surface area contributed by atoms with Crippen LogP contribution in [0.1, 0.15) is 6.42 Å². The maximum absolute atomic E-state index is 11.9. The molecule has 24 heavy (non-hydrogen) atoms. The van der Waals surface area contributed by atoms with E-state index in [1.165, 1.54) is 0 Å². The maximum Gasteiger partial charge on any atom is 0.262 e. The molecule has 1 aliphatic rings. The number of benzene rings is 1. The molecule has 0 radical (unpaired) electrons. The summed E-state index contributed by atoms with van der Waals surface area (Å²) in [5.41, 5.74) is 1.89. The monoisotopic (exact) mass is 327 g/mol. The average Bonchev–Trinajstić information content (AvgIpc) is 3.11. The molecule has 3 rings (SSSR count). The van der Waals surface area contributed by atoms with Gasteiger partial charge in [0.05, 0.1) is 12.3 Å². The van der Waals surface area contributed by atoms with Gasteiger partial charge in [0.15, 0.2) is 6.61 Å². The fourth-order valence-electron chi connectivity index (χ4n) is 2.69. The predicted octanol–water partition coefficient (Wildman–Crippen LogP) is 2.32. The average molecular weight is 327 g/mol. The van der Waals surface area contributed by atoms with E-state index in [-0.39, 0.29) is 12.5 Å². The first-order valence-corrected chi connectivity index (χ1v) is 7.95. The van der Waals surface area contributed by atoms with E-state index in [2.05, 4.69) is 15.2 Å². The Kier molecular flexibility index (Phi) is 5.28. The Labute approximate surface area is 141 Å². The third-order valence-electron chi connectivity index (χ3n) is 4.00. The molecule has 2 heterocycles. The van der Waals surface area contributed by atoms with Crippen molar-refractivity contribution in [3.05, 3.63) is 48.8 Å². The number of aromatic nitrogens is 1. The van der Waals surface area contributed by atoms with E-state index in [0.717, 1.165) is 30.9 Å². The molecule has 6 nitrogen and oxygen atoms in total. The first-order chi connectivity index (χ1) is 11.7. The largest absolute Gasteiger partial charge is 0.482 e. The lowest BCUT2D eigenvalue weighted by molar-refractivity contribution is -0.118. The lowest BCUT2D eigenvalue weighted by Crippen LogP contribution is -2.22. The third-order valence-corrected chi connectivity index (χ3v) is 4.00. The van der Waals surface area contributed by atoms with Crippen LogP contribution in [0.25, 0.3) is 0 Å². The van der Waals surface area contributed by atoms with Gasteiger partial charge in [-0.2, -0.15) is 0 Å². The minimum absolute atomic E-state index is 0.0465. The van der Waals surface area contributed by atoms with Crippen LogP contribution in [0.3, 0.4) is 0 Å². The fourth-order valence-corrected chi connectivity index (χ4v) is 2.69. The molecule has 1 unspecified atom stereocenters. The highest BCUT2D eigenvalue weighted by Gasteiger charge is 2.22. The fraction of sp³-hybridized carbons (Fsp3) is 0.333. The predicted molar refractivity (Wildman–Crippen MR) is 92.4 cm³/mol. The van der Waals surface area contributed by atoms with Crippen LogP contribution in [0, 0.1) is 0 Å². The van der Waals surface area contributed by atoms with Crippen molar-refractivity contribution in [1.29, 1.82) is 0 Å². The number of anilines is 2. The van der Waals surface area contributed by atoms with Gasteiger partial charge in [0.1, 0.15) is 5.75 Å². The molecule has 1 amide bonds. The van der Waals surface area contributed by atoms with Gasteiger partial charge in [-0.1, -0.05) is 0 Å². The Bertz CT molecular complexity index is 661. The maximum atomic E-state index is 11.9. The van der Waals surface area contributed by atoms with Gasteiger partial charge in [0.25, 0.3) is 5.91 Å². The first kappa shape index (κ1) is 16.3. The Morgan fingerprint density at radius 3 is 2.83 bits per heavy atom. The Morgan fingerprint density at radius 1 is 1.33 bits per heavy atom. The summed E-state index contributed by atoms with van der Waals surface area (Å²) in [4.78, 5) is 18.1. The lowest BCUT2D eigenvalue weighted by atomic mass is 10.2. The molecule has 0 saturated carbocycles. The summed E-state index contributed by atoms with van der Waals surface area (Å²) in [7, 11) is 1.75. The molecule has 1 atom stereocenters. The number of carbonyl (C=O) groups excluding carboxylic acids is 1. The zero-order valence-electron chi connectivity index (χ0n) is 13.6. The van der Waals surface area contributed by atoms with Crippen molar-refractivity contribution in [1.82, 2.24) is 4.98 Å². The molecule has 1 fully saturated rings. The number of rotatable bonds is 6. The van der Waals surface area contributed by atoms with Gasteiger partial charge in [-0.15, -0.1) is 0 Å². The highest BCUT2D eigenvalue weighted by Crippen LogP contribution is 2.23. The molecule has 1 saturated heterocycles. The molecule has 1 N–H and O–H groups in total. The summed E-state index contributed by atoms with van der Waals surface area (Å²) in [6.45, 7) is 1.85. The van der Waals surface area contributed by atoms with E-state index in [1.807, 2.05) is 24.3 Å². The van der Waals surface area contributed by atoms with Gasteiger partial charge in [-0.25, -0.2) is 0 Å². The Balaban J connectivity index is 1.50. The standard InChI is InChI=1S/C18H21N3O3/c1-23-17-8-10-21(12-17)15-6-4-14(5-7-15)20-18(22)13-24-16-3-2-9-19-11-16/h2-7,9,11,17H,8,10,12-13H2,1H3,(H,20,22). The highest BCUT2D eigenvalue weighted by molar-refractivity contribution is 5.92. The van der Waals surface area contributed by atoms with Crippen LogP contribution in [0.15, 0.2) is 48.8 Å². The van der Waals surface area contributed by atoms with Crippen LogP contribution in [-0.4, -0.2) is 43.8 Å². The zero-order chi connectivity index (χ0) is 16.8. The van der Waals surface area contributed by atoms with E-state index < -0.39 is 0 Å². The van der Waals surface area contributed by atoms with E-state index >= 15 is 0 Å². The van der Waals surface area contributed by atoms with Crippen LogP contribution in [0.5, 0.6) is 5.75 Å². The molecular weight excluding hydrogens is 306 g/mol. The Hall–Kier alpha value is -2.60. The molecule has 1 aromatic carbocycles. The minimum Gasteiger partial charge on any atom is -0.482 e. The molecule has 1 aromatic heterocycles. The Morgan fingerprint density at radius 2 is 2.17 bits per heavy atom. The molecule has 0 spiro atoms. The molecule has 0 aliphatic carbocycles. The lowest BCUT2D eigenvalue weighted by Gasteiger charge is -2.18. The molecule has 2 aromatic rings. The van der Waals surface area contributed by atoms with E-state index in [4.69, 9.17) is 9.47 Å². The number of methoxy groups -OCH3 is 1. The van der Waals surface area contributed by atoms with Crippen molar-refractivity contribution in [3.8, 4) is 5.75 Å². The van der Waals surface area contributed by atoms with Gasteiger partial charge in [-0.3, -0.25) is 9.78 Å². The normalized spacial score (nSPS) is 16.9. The summed E-state index contributed by atoms with van der Waals surface area (Å²) < 4.78 is 10.8. The van der Waals surface area contributed by atoms with Gasteiger partial charge in [-0.05, 0) is 42.8 Å². The van der Waals surface area contributed by atoms with E-state index in [1.54, 1.807) is 31.6 Å². The van der Waals surface area contributed by atoms with Crippen LogP contribution < -0.4 is 15.0 Å². The van der Waals surface area contributed by atoms with Crippen LogP contribution in [0.4, 0.5) is 11.4 Å². The topological polar surface area (TPSA) is 63.7 Å². The zero-order valence-corrected chi connectivity index (χ0v) is 13.6. The minimum atomic E-state index is -0.202. The summed E-state index contributed by atoms with van der Waals surface area (Å²) in [6.07, 6.45) is 4.57. The number of amides is 1. The molecular formula is C18H21N3O3. The number of nitrogens with one attached hydrogen (secondary N) is 1. The van der Waals surface area contributed by atoms with Crippen molar-refractivity contribution < 1.29 is 14.3 Å². The van der Waals surface area contributed by atoms with Gasteiger partial charge in [0.2, 0.25) is 0 Å². The second-order valence-corrected chi connectivity index (χ2v) is 5.66. The summed E-state index contributed by atoms with van der Waals surface area (Å²) in [5.74, 6) is 0.372. The van der Waals surface area contributed by atoms with Gasteiger partial charge < -0.3 is 19.7 Å². The van der Waals surface area contributed by atoms with Crippen molar-refractivity contribution in [2.24, 2.45) is 0 Å². The van der Waals surface area contributed by atoms with E-state index in [9.17, 15) is 4.79 Å². The molecule has 1 aliphatic heterocycles. The smallest absolute Gasteiger partial charge is 0.262 e. The first-order valence-electron chi connectivity index (χ1n) is 7.95. The van der Waals surface area contributed by atoms with Gasteiger partial charge in [0, 0.05) is 37.8 Å². The number of pyridine rings is 1. The van der Waals surface area contributed by atoms with Gasteiger partial charge >= 0.3 is 0 Å². The number of hydrogen-bond acceptors (Lipinski definition) is 5. The quantitative estimate of drug-likeness (QED) is 0.882.